The Morgan fingerprint density at radius 2 is 2.05 bits per heavy atom. The van der Waals surface area contributed by atoms with Crippen molar-refractivity contribution in [3.63, 3.8) is 0 Å². The first-order valence-corrected chi connectivity index (χ1v) is 7.45. The van der Waals surface area contributed by atoms with Crippen molar-refractivity contribution >= 4 is 5.82 Å². The summed E-state index contributed by atoms with van der Waals surface area (Å²) in [7, 11) is 1.63. The lowest BCUT2D eigenvalue weighted by Crippen LogP contribution is -2.39. The van der Waals surface area contributed by atoms with E-state index in [9.17, 15) is 0 Å². The normalized spacial score (nSPS) is 16.4. The van der Waals surface area contributed by atoms with Crippen LogP contribution in [0.25, 0.3) is 0 Å². The number of ether oxygens (including phenoxy) is 1. The van der Waals surface area contributed by atoms with Crippen LogP contribution in [0.2, 0.25) is 0 Å². The van der Waals surface area contributed by atoms with Crippen LogP contribution in [0.4, 0.5) is 5.82 Å². The number of nitrogens with zero attached hydrogens (tertiary/aromatic N) is 5. The van der Waals surface area contributed by atoms with E-state index in [-0.39, 0.29) is 0 Å². The first-order valence-electron chi connectivity index (χ1n) is 7.45. The van der Waals surface area contributed by atoms with Crippen LogP contribution < -0.4 is 10.1 Å². The summed E-state index contributed by atoms with van der Waals surface area (Å²) >= 11 is 0. The molecule has 3 rings (SSSR count). The maximum Gasteiger partial charge on any atom is 0.236 e. The van der Waals surface area contributed by atoms with Gasteiger partial charge in [-0.2, -0.15) is 5.10 Å². The average Bonchev–Trinajstić information content (AvgIpc) is 2.58. The average molecular weight is 300 g/mol. The SMILES string of the molecule is COc1nccnc1CN1CCC(Nc2cccnn2)CC1. The number of nitrogens with one attached hydrogen (secondary N) is 1. The van der Waals surface area contributed by atoms with Gasteiger partial charge in [0.15, 0.2) is 0 Å². The summed E-state index contributed by atoms with van der Waals surface area (Å²) in [6.45, 7) is 2.80. The highest BCUT2D eigenvalue weighted by atomic mass is 16.5. The quantitative estimate of drug-likeness (QED) is 0.893. The van der Waals surface area contributed by atoms with E-state index in [0.717, 1.165) is 44.0 Å². The number of rotatable bonds is 5. The molecule has 1 aliphatic heterocycles. The Morgan fingerprint density at radius 1 is 1.23 bits per heavy atom. The molecule has 7 heteroatoms. The molecule has 3 heterocycles. The Kier molecular flexibility index (Phi) is 4.75. The van der Waals surface area contributed by atoms with Gasteiger partial charge >= 0.3 is 0 Å². The molecule has 1 saturated heterocycles. The molecular weight excluding hydrogens is 280 g/mol. The summed E-state index contributed by atoms with van der Waals surface area (Å²) in [5.74, 6) is 1.46. The molecule has 0 bridgehead atoms. The zero-order valence-electron chi connectivity index (χ0n) is 12.6. The molecule has 0 spiro atoms. The number of piperidine rings is 1. The Labute approximate surface area is 129 Å². The predicted octanol–water partition coefficient (Wildman–Crippen LogP) is 1.35. The number of hydrogen-bond acceptors (Lipinski definition) is 7. The summed E-state index contributed by atoms with van der Waals surface area (Å²) in [5.41, 5.74) is 0.894. The molecule has 0 atom stereocenters. The highest BCUT2D eigenvalue weighted by Crippen LogP contribution is 2.19. The molecule has 22 heavy (non-hydrogen) atoms. The molecule has 2 aromatic rings. The molecule has 0 aliphatic carbocycles. The minimum absolute atomic E-state index is 0.441. The number of hydrogen-bond donors (Lipinski definition) is 1. The molecular formula is C15H20N6O. The third-order valence-corrected chi connectivity index (χ3v) is 3.81. The van der Waals surface area contributed by atoms with E-state index in [2.05, 4.69) is 30.4 Å². The summed E-state index contributed by atoms with van der Waals surface area (Å²) in [4.78, 5) is 10.9. The van der Waals surface area contributed by atoms with Gasteiger partial charge in [0.1, 0.15) is 11.5 Å². The molecule has 0 amide bonds. The standard InChI is InChI=1S/C15H20N6O/c1-22-15-13(16-7-8-17-15)11-21-9-4-12(5-10-21)19-14-3-2-6-18-20-14/h2-3,6-8,12H,4-5,9-11H2,1H3,(H,19,20). The monoisotopic (exact) mass is 300 g/mol. The lowest BCUT2D eigenvalue weighted by molar-refractivity contribution is 0.205. The van der Waals surface area contributed by atoms with Crippen molar-refractivity contribution in [2.45, 2.75) is 25.4 Å². The van der Waals surface area contributed by atoms with Crippen LogP contribution in [-0.2, 0) is 6.54 Å². The maximum absolute atomic E-state index is 5.26. The van der Waals surface area contributed by atoms with Gasteiger partial charge in [0.2, 0.25) is 5.88 Å². The molecule has 1 N–H and O–H groups in total. The van der Waals surface area contributed by atoms with Gasteiger partial charge in [0.05, 0.1) is 7.11 Å². The predicted molar refractivity (Wildman–Crippen MR) is 82.5 cm³/mol. The van der Waals surface area contributed by atoms with Crippen LogP contribution >= 0.6 is 0 Å². The van der Waals surface area contributed by atoms with Gasteiger partial charge in [0, 0.05) is 44.3 Å². The Hall–Kier alpha value is -2.28. The fraction of sp³-hybridized carbons (Fsp3) is 0.467. The zero-order chi connectivity index (χ0) is 15.2. The van der Waals surface area contributed by atoms with Crippen molar-refractivity contribution < 1.29 is 4.74 Å². The molecule has 7 nitrogen and oxygen atoms in total. The second kappa shape index (κ2) is 7.13. The molecule has 0 aromatic carbocycles. The van der Waals surface area contributed by atoms with Gasteiger partial charge in [-0.1, -0.05) is 0 Å². The van der Waals surface area contributed by atoms with Crippen molar-refractivity contribution in [1.29, 1.82) is 0 Å². The van der Waals surface area contributed by atoms with Crippen LogP contribution in [0.15, 0.2) is 30.7 Å². The van der Waals surface area contributed by atoms with Gasteiger partial charge in [-0.05, 0) is 25.0 Å². The lowest BCUT2D eigenvalue weighted by atomic mass is 10.0. The molecule has 0 radical (unpaired) electrons. The van der Waals surface area contributed by atoms with Gasteiger partial charge in [-0.25, -0.2) is 4.98 Å². The van der Waals surface area contributed by atoms with E-state index < -0.39 is 0 Å². The Morgan fingerprint density at radius 3 is 2.77 bits per heavy atom. The van der Waals surface area contributed by atoms with Crippen molar-refractivity contribution in [3.05, 3.63) is 36.4 Å². The summed E-state index contributed by atoms with van der Waals surface area (Å²) in [6.07, 6.45) is 7.18. The van der Waals surface area contributed by atoms with Gasteiger partial charge in [0.25, 0.3) is 0 Å². The van der Waals surface area contributed by atoms with Gasteiger partial charge in [-0.3, -0.25) is 9.88 Å². The molecule has 0 saturated carbocycles. The van der Waals surface area contributed by atoms with Crippen LogP contribution in [0, 0.1) is 0 Å². The minimum Gasteiger partial charge on any atom is -0.480 e. The molecule has 1 aliphatic rings. The second-order valence-corrected chi connectivity index (χ2v) is 5.32. The number of likely N-dealkylation sites (tertiary alicyclic amines) is 1. The lowest BCUT2D eigenvalue weighted by Gasteiger charge is -2.32. The summed E-state index contributed by atoms with van der Waals surface area (Å²) in [6, 6.07) is 4.28. The first-order chi connectivity index (χ1) is 10.8. The van der Waals surface area contributed by atoms with E-state index in [1.165, 1.54) is 0 Å². The molecule has 116 valence electrons. The number of aromatic nitrogens is 4. The van der Waals surface area contributed by atoms with E-state index in [1.807, 2.05) is 12.1 Å². The van der Waals surface area contributed by atoms with Crippen LogP contribution in [0.3, 0.4) is 0 Å². The van der Waals surface area contributed by atoms with E-state index in [4.69, 9.17) is 4.74 Å². The summed E-state index contributed by atoms with van der Waals surface area (Å²) in [5, 5.41) is 11.4. The third-order valence-electron chi connectivity index (χ3n) is 3.81. The molecule has 0 unspecified atom stereocenters. The smallest absolute Gasteiger partial charge is 0.236 e. The van der Waals surface area contributed by atoms with Crippen LogP contribution in [0.5, 0.6) is 5.88 Å². The van der Waals surface area contributed by atoms with Gasteiger partial charge in [-0.15, -0.1) is 5.10 Å². The minimum atomic E-state index is 0.441. The van der Waals surface area contributed by atoms with Crippen molar-refractivity contribution in [1.82, 2.24) is 25.1 Å². The molecule has 2 aromatic heterocycles. The topological polar surface area (TPSA) is 76.1 Å². The van der Waals surface area contributed by atoms with Crippen molar-refractivity contribution in [2.75, 3.05) is 25.5 Å². The zero-order valence-corrected chi connectivity index (χ0v) is 12.6. The van der Waals surface area contributed by atoms with Crippen LogP contribution in [-0.4, -0.2) is 51.3 Å². The first kappa shape index (κ1) is 14.6. The highest BCUT2D eigenvalue weighted by molar-refractivity contribution is 5.33. The van der Waals surface area contributed by atoms with Crippen molar-refractivity contribution in [3.8, 4) is 5.88 Å². The Bertz CT molecular complexity index is 586. The molecule has 1 fully saturated rings. The van der Waals surface area contributed by atoms with E-state index in [1.54, 1.807) is 25.7 Å². The van der Waals surface area contributed by atoms with E-state index in [0.29, 0.717) is 11.9 Å². The highest BCUT2D eigenvalue weighted by Gasteiger charge is 2.21. The summed E-state index contributed by atoms with van der Waals surface area (Å²) < 4.78 is 5.26. The second-order valence-electron chi connectivity index (χ2n) is 5.32. The van der Waals surface area contributed by atoms with Crippen LogP contribution in [0.1, 0.15) is 18.5 Å². The third kappa shape index (κ3) is 3.67. The maximum atomic E-state index is 5.26. The van der Waals surface area contributed by atoms with Gasteiger partial charge < -0.3 is 10.1 Å². The number of anilines is 1. The Balaban J connectivity index is 1.51. The fourth-order valence-corrected chi connectivity index (χ4v) is 2.67. The largest absolute Gasteiger partial charge is 0.480 e. The van der Waals surface area contributed by atoms with E-state index >= 15 is 0 Å². The fourth-order valence-electron chi connectivity index (χ4n) is 2.67. The van der Waals surface area contributed by atoms with Crippen molar-refractivity contribution in [2.24, 2.45) is 0 Å². The number of methoxy groups -OCH3 is 1.